The van der Waals surface area contributed by atoms with Crippen molar-refractivity contribution >= 4 is 39.1 Å². The molecule has 0 heterocycles. The van der Waals surface area contributed by atoms with Crippen molar-refractivity contribution in [3.05, 3.63) is 24.3 Å². The van der Waals surface area contributed by atoms with Crippen molar-refractivity contribution in [1.82, 2.24) is 0 Å². The van der Waals surface area contributed by atoms with Crippen molar-refractivity contribution in [2.45, 2.75) is 39.4 Å². The van der Waals surface area contributed by atoms with E-state index in [1.54, 1.807) is 24.3 Å². The summed E-state index contributed by atoms with van der Waals surface area (Å²) in [6.45, 7) is 9.50. The van der Waals surface area contributed by atoms with Gasteiger partial charge in [-0.25, -0.2) is 0 Å². The smallest absolute Gasteiger partial charge is 0.238 e. The van der Waals surface area contributed by atoms with Crippen LogP contribution in [-0.2, 0) is 9.59 Å². The number of anilines is 2. The molecule has 0 bridgehead atoms. The minimum Gasteiger partial charge on any atom is -0.326 e. The number of rotatable bonds is 4. The van der Waals surface area contributed by atoms with Gasteiger partial charge < -0.3 is 10.6 Å². The van der Waals surface area contributed by atoms with Gasteiger partial charge in [-0.05, 0) is 24.1 Å². The summed E-state index contributed by atoms with van der Waals surface area (Å²) in [7, 11) is 0. The molecule has 0 saturated carbocycles. The van der Waals surface area contributed by atoms with E-state index in [0.29, 0.717) is 11.4 Å². The molecule has 0 radical (unpaired) electrons. The summed E-state index contributed by atoms with van der Waals surface area (Å²) in [6, 6.07) is 7.14. The average molecular weight is 355 g/mol. The Morgan fingerprint density at radius 2 is 1.62 bits per heavy atom. The van der Waals surface area contributed by atoms with Crippen LogP contribution < -0.4 is 10.6 Å². The molecule has 1 unspecified atom stereocenters. The number of amides is 2. The predicted molar refractivity (Wildman–Crippen MR) is 90.7 cm³/mol. The largest absolute Gasteiger partial charge is 0.326 e. The van der Waals surface area contributed by atoms with E-state index in [4.69, 9.17) is 0 Å². The molecule has 0 saturated heterocycles. The summed E-state index contributed by atoms with van der Waals surface area (Å²) < 4.78 is 0. The van der Waals surface area contributed by atoms with E-state index < -0.39 is 5.41 Å². The number of nitrogens with one attached hydrogen (secondary N) is 2. The van der Waals surface area contributed by atoms with Crippen LogP contribution >= 0.6 is 15.9 Å². The molecule has 0 aliphatic carbocycles. The van der Waals surface area contributed by atoms with Crippen molar-refractivity contribution in [1.29, 1.82) is 0 Å². The summed E-state index contributed by atoms with van der Waals surface area (Å²) in [4.78, 5) is 23.7. The lowest BCUT2D eigenvalue weighted by atomic mass is 9.95. The van der Waals surface area contributed by atoms with E-state index in [-0.39, 0.29) is 22.6 Å². The molecule has 2 amide bonds. The topological polar surface area (TPSA) is 58.2 Å². The highest BCUT2D eigenvalue weighted by Gasteiger charge is 2.21. The highest BCUT2D eigenvalue weighted by atomic mass is 79.9. The normalized spacial score (nSPS) is 12.9. The van der Waals surface area contributed by atoms with Crippen LogP contribution in [0.25, 0.3) is 0 Å². The van der Waals surface area contributed by atoms with Crippen LogP contribution in [0.15, 0.2) is 24.3 Å². The molecule has 116 valence electrons. The molecule has 1 aromatic rings. The van der Waals surface area contributed by atoms with Crippen molar-refractivity contribution < 1.29 is 9.59 Å². The maximum absolute atomic E-state index is 12.0. The van der Waals surface area contributed by atoms with Crippen LogP contribution in [0, 0.1) is 11.3 Å². The summed E-state index contributed by atoms with van der Waals surface area (Å²) in [6.07, 6.45) is 0. The molecule has 1 rings (SSSR count). The van der Waals surface area contributed by atoms with Crippen molar-refractivity contribution in [3.63, 3.8) is 0 Å². The van der Waals surface area contributed by atoms with Crippen LogP contribution in [0.1, 0.15) is 34.6 Å². The Bertz CT molecular complexity index is 521. The van der Waals surface area contributed by atoms with Crippen LogP contribution in [0.4, 0.5) is 11.4 Å². The van der Waals surface area contributed by atoms with Gasteiger partial charge in [-0.1, -0.05) is 56.6 Å². The summed E-state index contributed by atoms with van der Waals surface area (Å²) >= 11 is 3.37. The number of hydrogen-bond donors (Lipinski definition) is 2. The molecule has 4 nitrogen and oxygen atoms in total. The Labute approximate surface area is 134 Å². The number of carbonyl (C=O) groups excluding carboxylic acids is 2. The zero-order valence-electron chi connectivity index (χ0n) is 13.2. The second-order valence-electron chi connectivity index (χ2n) is 6.42. The highest BCUT2D eigenvalue weighted by Crippen LogP contribution is 2.21. The van der Waals surface area contributed by atoms with Crippen molar-refractivity contribution in [2.75, 3.05) is 10.6 Å². The third-order valence-corrected chi connectivity index (χ3v) is 4.38. The van der Waals surface area contributed by atoms with Gasteiger partial charge in [0.05, 0.1) is 4.83 Å². The lowest BCUT2D eigenvalue weighted by Gasteiger charge is -2.18. The first-order valence-corrected chi connectivity index (χ1v) is 7.89. The second-order valence-corrected chi connectivity index (χ2v) is 7.41. The molecular formula is C16H23BrN2O2. The minimum atomic E-state index is -0.460. The van der Waals surface area contributed by atoms with Crippen LogP contribution in [-0.4, -0.2) is 16.6 Å². The zero-order valence-corrected chi connectivity index (χ0v) is 14.7. The van der Waals surface area contributed by atoms with E-state index in [9.17, 15) is 9.59 Å². The van der Waals surface area contributed by atoms with Crippen molar-refractivity contribution in [2.24, 2.45) is 11.3 Å². The molecule has 0 aromatic heterocycles. The van der Waals surface area contributed by atoms with E-state index in [1.807, 2.05) is 34.6 Å². The molecule has 1 atom stereocenters. The van der Waals surface area contributed by atoms with Gasteiger partial charge in [-0.2, -0.15) is 0 Å². The van der Waals surface area contributed by atoms with E-state index >= 15 is 0 Å². The lowest BCUT2D eigenvalue weighted by Crippen LogP contribution is -2.28. The fourth-order valence-corrected chi connectivity index (χ4v) is 1.62. The Balaban J connectivity index is 2.78. The standard InChI is InChI=1S/C16H23BrN2O2/c1-10(2)13(17)14(20)18-11-7-6-8-12(9-11)19-15(21)16(3,4)5/h6-10,13H,1-5H3,(H,18,20)(H,19,21). The summed E-state index contributed by atoms with van der Waals surface area (Å²) in [5, 5.41) is 5.68. The fourth-order valence-electron chi connectivity index (χ4n) is 1.51. The third-order valence-electron chi connectivity index (χ3n) is 2.90. The van der Waals surface area contributed by atoms with Crippen LogP contribution in [0.5, 0.6) is 0 Å². The first kappa shape index (κ1) is 17.7. The number of benzene rings is 1. The first-order valence-electron chi connectivity index (χ1n) is 6.97. The van der Waals surface area contributed by atoms with Gasteiger partial charge in [0.25, 0.3) is 0 Å². The number of hydrogen-bond acceptors (Lipinski definition) is 2. The molecule has 5 heteroatoms. The van der Waals surface area contributed by atoms with Crippen LogP contribution in [0.3, 0.4) is 0 Å². The monoisotopic (exact) mass is 354 g/mol. The highest BCUT2D eigenvalue weighted by molar-refractivity contribution is 9.10. The lowest BCUT2D eigenvalue weighted by molar-refractivity contribution is -0.123. The predicted octanol–water partition coefficient (Wildman–Crippen LogP) is 4.03. The first-order chi connectivity index (χ1) is 9.61. The Kier molecular flexibility index (Phi) is 5.96. The molecular weight excluding hydrogens is 332 g/mol. The van der Waals surface area contributed by atoms with Gasteiger partial charge in [-0.3, -0.25) is 9.59 Å². The summed E-state index contributed by atoms with van der Waals surface area (Å²) in [5.74, 6) is 0.0459. The van der Waals surface area contributed by atoms with Crippen molar-refractivity contribution in [3.8, 4) is 0 Å². The summed E-state index contributed by atoms with van der Waals surface area (Å²) in [5.41, 5.74) is 0.873. The molecule has 0 aliphatic heterocycles. The fraction of sp³-hybridized carbons (Fsp3) is 0.500. The van der Waals surface area contributed by atoms with Gasteiger partial charge in [0.15, 0.2) is 0 Å². The third kappa shape index (κ3) is 5.50. The van der Waals surface area contributed by atoms with E-state index in [1.165, 1.54) is 0 Å². The van der Waals surface area contributed by atoms with Gasteiger partial charge in [-0.15, -0.1) is 0 Å². The molecule has 2 N–H and O–H groups in total. The Morgan fingerprint density at radius 3 is 2.10 bits per heavy atom. The van der Waals surface area contributed by atoms with Crippen LogP contribution in [0.2, 0.25) is 0 Å². The van der Waals surface area contributed by atoms with E-state index in [2.05, 4.69) is 26.6 Å². The Hall–Kier alpha value is -1.36. The second kappa shape index (κ2) is 7.07. The number of alkyl halides is 1. The maximum atomic E-state index is 12.0. The SMILES string of the molecule is CC(C)C(Br)C(=O)Nc1cccc(NC(=O)C(C)(C)C)c1. The Morgan fingerprint density at radius 1 is 1.10 bits per heavy atom. The quantitative estimate of drug-likeness (QED) is 0.802. The number of carbonyl (C=O) groups is 2. The molecule has 0 aliphatic rings. The molecule has 0 spiro atoms. The van der Waals surface area contributed by atoms with Gasteiger partial charge in [0, 0.05) is 16.8 Å². The maximum Gasteiger partial charge on any atom is 0.238 e. The van der Waals surface area contributed by atoms with Gasteiger partial charge in [0.2, 0.25) is 11.8 Å². The van der Waals surface area contributed by atoms with Gasteiger partial charge >= 0.3 is 0 Å². The molecule has 21 heavy (non-hydrogen) atoms. The van der Waals surface area contributed by atoms with Gasteiger partial charge in [0.1, 0.15) is 0 Å². The number of halogens is 1. The van der Waals surface area contributed by atoms with E-state index in [0.717, 1.165) is 0 Å². The zero-order chi connectivity index (χ0) is 16.2. The molecule has 1 aromatic carbocycles. The average Bonchev–Trinajstić information content (AvgIpc) is 2.36. The minimum absolute atomic E-state index is 0.0634. The molecule has 0 fully saturated rings.